The number of rotatable bonds is 4. The van der Waals surface area contributed by atoms with Crippen LogP contribution < -0.4 is 5.32 Å². The molecule has 1 heterocycles. The van der Waals surface area contributed by atoms with Gasteiger partial charge in [-0.15, -0.1) is 0 Å². The minimum Gasteiger partial charge on any atom is -0.324 e. The molecule has 0 bridgehead atoms. The monoisotopic (exact) mass is 424 g/mol. The van der Waals surface area contributed by atoms with Crippen LogP contribution in [0.4, 0.5) is 18.9 Å². The van der Waals surface area contributed by atoms with E-state index >= 15 is 0 Å². The Morgan fingerprint density at radius 3 is 2.61 bits per heavy atom. The molecule has 3 rings (SSSR count). The van der Waals surface area contributed by atoms with Crippen LogP contribution in [0.2, 0.25) is 5.02 Å². The number of para-hydroxylation sites is 1. The number of benzene rings is 2. The Kier molecular flexibility index (Phi) is 5.86. The normalized spacial score (nSPS) is 12.8. The second-order valence-corrected chi connectivity index (χ2v) is 8.00. The lowest BCUT2D eigenvalue weighted by molar-refractivity contribution is -0.137. The standard InChI is InChI=1S/C20H16ClF3N2OS/c1-11-9-18(25-16-6-4-3-5-14(11)16)28-12(2)19(27)26-17-10-13(20(22,23)24)7-8-15(17)21/h3-10,12H,1-2H3,(H,26,27)/t12-/m0/s1. The van der Waals surface area contributed by atoms with Crippen LogP contribution in [0.25, 0.3) is 10.9 Å². The molecule has 0 radical (unpaired) electrons. The molecule has 0 spiro atoms. The molecule has 2 aromatic carbocycles. The number of halogens is 4. The minimum absolute atomic E-state index is 0.0400. The van der Waals surface area contributed by atoms with Crippen molar-refractivity contribution in [3.05, 3.63) is 64.7 Å². The molecule has 8 heteroatoms. The van der Waals surface area contributed by atoms with Gasteiger partial charge in [0.1, 0.15) is 0 Å². The fourth-order valence-electron chi connectivity index (χ4n) is 2.65. The molecule has 0 saturated carbocycles. The van der Waals surface area contributed by atoms with Gasteiger partial charge in [0.25, 0.3) is 0 Å². The van der Waals surface area contributed by atoms with E-state index in [9.17, 15) is 18.0 Å². The fourth-order valence-corrected chi connectivity index (χ4v) is 3.73. The lowest BCUT2D eigenvalue weighted by atomic mass is 10.1. The van der Waals surface area contributed by atoms with Crippen LogP contribution in [0.3, 0.4) is 0 Å². The summed E-state index contributed by atoms with van der Waals surface area (Å²) < 4.78 is 38.6. The van der Waals surface area contributed by atoms with Gasteiger partial charge >= 0.3 is 6.18 Å². The van der Waals surface area contributed by atoms with Gasteiger partial charge in [-0.05, 0) is 49.7 Å². The third kappa shape index (κ3) is 4.59. The van der Waals surface area contributed by atoms with Gasteiger partial charge in [0.15, 0.2) is 0 Å². The predicted molar refractivity (Wildman–Crippen MR) is 107 cm³/mol. The summed E-state index contributed by atoms with van der Waals surface area (Å²) in [6, 6.07) is 12.4. The molecule has 1 aromatic heterocycles. The number of aromatic nitrogens is 1. The zero-order chi connectivity index (χ0) is 20.5. The van der Waals surface area contributed by atoms with Gasteiger partial charge in [0.2, 0.25) is 5.91 Å². The van der Waals surface area contributed by atoms with Crippen molar-refractivity contribution in [2.24, 2.45) is 0 Å². The zero-order valence-electron chi connectivity index (χ0n) is 15.0. The van der Waals surface area contributed by atoms with E-state index in [1.54, 1.807) is 6.92 Å². The summed E-state index contributed by atoms with van der Waals surface area (Å²) in [5.41, 5.74) is 0.899. The third-order valence-corrected chi connectivity index (χ3v) is 5.47. The lowest BCUT2D eigenvalue weighted by Crippen LogP contribution is -2.23. The first-order valence-electron chi connectivity index (χ1n) is 8.36. The second-order valence-electron chi connectivity index (χ2n) is 6.24. The number of alkyl halides is 3. The molecule has 0 aliphatic heterocycles. The number of amides is 1. The van der Waals surface area contributed by atoms with E-state index < -0.39 is 22.9 Å². The second kappa shape index (κ2) is 8.01. The van der Waals surface area contributed by atoms with Crippen molar-refractivity contribution in [3.8, 4) is 0 Å². The number of fused-ring (bicyclic) bond motifs is 1. The Balaban J connectivity index is 1.77. The third-order valence-electron chi connectivity index (χ3n) is 4.12. The Labute approximate surface area is 169 Å². The molecule has 0 fully saturated rings. The van der Waals surface area contributed by atoms with E-state index in [0.717, 1.165) is 34.7 Å². The zero-order valence-corrected chi connectivity index (χ0v) is 16.5. The predicted octanol–water partition coefficient (Wildman–Crippen LogP) is 6.33. The summed E-state index contributed by atoms with van der Waals surface area (Å²) in [4.78, 5) is 17.0. The van der Waals surface area contributed by atoms with Crippen molar-refractivity contribution < 1.29 is 18.0 Å². The molecule has 1 atom stereocenters. The van der Waals surface area contributed by atoms with Crippen LogP contribution in [-0.4, -0.2) is 16.1 Å². The van der Waals surface area contributed by atoms with Crippen LogP contribution in [0.5, 0.6) is 0 Å². The number of pyridine rings is 1. The molecule has 0 saturated heterocycles. The quantitative estimate of drug-likeness (QED) is 0.497. The van der Waals surface area contributed by atoms with Gasteiger partial charge in [-0.2, -0.15) is 13.2 Å². The van der Waals surface area contributed by atoms with Gasteiger partial charge < -0.3 is 5.32 Å². The number of aryl methyl sites for hydroxylation is 1. The molecule has 3 aromatic rings. The molecule has 0 aliphatic carbocycles. The van der Waals surface area contributed by atoms with Crippen molar-refractivity contribution in [1.82, 2.24) is 4.98 Å². The number of thioether (sulfide) groups is 1. The summed E-state index contributed by atoms with van der Waals surface area (Å²) in [5.74, 6) is -0.459. The summed E-state index contributed by atoms with van der Waals surface area (Å²) in [5, 5.41) is 3.62. The first-order chi connectivity index (χ1) is 13.1. The maximum Gasteiger partial charge on any atom is 0.416 e. The highest BCUT2D eigenvalue weighted by Gasteiger charge is 2.31. The molecular formula is C20H16ClF3N2OS. The van der Waals surface area contributed by atoms with E-state index in [0.29, 0.717) is 5.03 Å². The number of hydrogen-bond donors (Lipinski definition) is 1. The number of nitrogens with one attached hydrogen (secondary N) is 1. The van der Waals surface area contributed by atoms with Crippen LogP contribution >= 0.6 is 23.4 Å². The molecular weight excluding hydrogens is 409 g/mol. The Morgan fingerprint density at radius 2 is 1.89 bits per heavy atom. The average Bonchev–Trinajstić information content (AvgIpc) is 2.62. The van der Waals surface area contributed by atoms with E-state index in [-0.39, 0.29) is 10.7 Å². The van der Waals surface area contributed by atoms with Crippen molar-refractivity contribution in [2.45, 2.75) is 30.3 Å². The van der Waals surface area contributed by atoms with Crippen LogP contribution in [0, 0.1) is 6.92 Å². The summed E-state index contributed by atoms with van der Waals surface area (Å²) in [7, 11) is 0. The van der Waals surface area contributed by atoms with Gasteiger partial charge in [0, 0.05) is 5.39 Å². The van der Waals surface area contributed by atoms with Crippen molar-refractivity contribution in [1.29, 1.82) is 0 Å². The Bertz CT molecular complexity index is 1040. The number of hydrogen-bond acceptors (Lipinski definition) is 3. The van der Waals surface area contributed by atoms with E-state index in [2.05, 4.69) is 10.3 Å². The summed E-state index contributed by atoms with van der Waals surface area (Å²) in [6.45, 7) is 3.62. The van der Waals surface area contributed by atoms with Crippen molar-refractivity contribution in [2.75, 3.05) is 5.32 Å². The van der Waals surface area contributed by atoms with Crippen LogP contribution in [-0.2, 0) is 11.0 Å². The Morgan fingerprint density at radius 1 is 1.18 bits per heavy atom. The minimum atomic E-state index is -4.52. The molecule has 1 N–H and O–H groups in total. The molecule has 3 nitrogen and oxygen atoms in total. The SMILES string of the molecule is Cc1cc(S[C@@H](C)C(=O)Nc2cc(C(F)(F)F)ccc2Cl)nc2ccccc12. The van der Waals surface area contributed by atoms with E-state index in [4.69, 9.17) is 11.6 Å². The van der Waals surface area contributed by atoms with Gasteiger partial charge in [0.05, 0.1) is 32.1 Å². The maximum atomic E-state index is 12.9. The lowest BCUT2D eigenvalue weighted by Gasteiger charge is -2.15. The average molecular weight is 425 g/mol. The largest absolute Gasteiger partial charge is 0.416 e. The molecule has 0 unspecified atom stereocenters. The highest BCUT2D eigenvalue weighted by atomic mass is 35.5. The molecule has 28 heavy (non-hydrogen) atoms. The summed E-state index contributed by atoms with van der Waals surface area (Å²) >= 11 is 7.17. The number of anilines is 1. The Hall–Kier alpha value is -2.25. The van der Waals surface area contributed by atoms with Crippen molar-refractivity contribution >= 4 is 45.9 Å². The van der Waals surface area contributed by atoms with Crippen LogP contribution in [0.1, 0.15) is 18.1 Å². The molecule has 0 aliphatic rings. The van der Waals surface area contributed by atoms with Gasteiger partial charge in [-0.3, -0.25) is 4.79 Å². The van der Waals surface area contributed by atoms with Crippen molar-refractivity contribution in [3.63, 3.8) is 0 Å². The number of nitrogens with zero attached hydrogens (tertiary/aromatic N) is 1. The van der Waals surface area contributed by atoms with E-state index in [1.165, 1.54) is 11.8 Å². The maximum absolute atomic E-state index is 12.9. The van der Waals surface area contributed by atoms with E-state index in [1.807, 2.05) is 37.3 Å². The first kappa shape index (κ1) is 20.5. The first-order valence-corrected chi connectivity index (χ1v) is 9.61. The fraction of sp³-hybridized carbons (Fsp3) is 0.200. The van der Waals surface area contributed by atoms with Gasteiger partial charge in [-0.1, -0.05) is 41.6 Å². The highest BCUT2D eigenvalue weighted by Crippen LogP contribution is 2.34. The smallest absolute Gasteiger partial charge is 0.324 e. The number of carbonyl (C=O) groups excluding carboxylic acids is 1. The topological polar surface area (TPSA) is 42.0 Å². The number of carbonyl (C=O) groups is 1. The van der Waals surface area contributed by atoms with Crippen LogP contribution in [0.15, 0.2) is 53.6 Å². The molecule has 146 valence electrons. The summed E-state index contributed by atoms with van der Waals surface area (Å²) in [6.07, 6.45) is -4.52. The highest BCUT2D eigenvalue weighted by molar-refractivity contribution is 8.00. The molecule has 1 amide bonds. The van der Waals surface area contributed by atoms with Gasteiger partial charge in [-0.25, -0.2) is 4.98 Å².